The van der Waals surface area contributed by atoms with Gasteiger partial charge >= 0.3 is 0 Å². The van der Waals surface area contributed by atoms with Gasteiger partial charge in [0.2, 0.25) is 5.91 Å². The molecule has 2 rings (SSSR count). The van der Waals surface area contributed by atoms with Gasteiger partial charge in [-0.15, -0.1) is 0 Å². The molecule has 0 aliphatic rings. The monoisotopic (exact) mass is 283 g/mol. The predicted molar refractivity (Wildman–Crippen MR) is 85.4 cm³/mol. The molecular formula is C17H21N3O. The second-order valence-electron chi connectivity index (χ2n) is 5.02. The van der Waals surface area contributed by atoms with E-state index in [0.29, 0.717) is 6.54 Å². The van der Waals surface area contributed by atoms with Crippen LogP contribution in [0.25, 0.3) is 11.8 Å². The molecule has 0 aliphatic heterocycles. The number of nitrogens with zero attached hydrogens (tertiary/aromatic N) is 3. The van der Waals surface area contributed by atoms with Crippen LogP contribution in [0.3, 0.4) is 0 Å². The summed E-state index contributed by atoms with van der Waals surface area (Å²) in [6.07, 6.45) is 3.46. The van der Waals surface area contributed by atoms with Gasteiger partial charge in [0.15, 0.2) is 0 Å². The average Bonchev–Trinajstić information content (AvgIpc) is 2.79. The molecule has 2 aromatic rings. The molecule has 4 nitrogen and oxygen atoms in total. The first kappa shape index (κ1) is 15.0. The Balaban J connectivity index is 2.33. The highest BCUT2D eigenvalue weighted by molar-refractivity contribution is 5.91. The Morgan fingerprint density at radius 1 is 1.29 bits per heavy atom. The first-order valence-electron chi connectivity index (χ1n) is 7.09. The SMILES string of the molecule is CCN(C)C(=O)/C=C/c1c(C)nn(-c2ccccc2)c1C. The summed E-state index contributed by atoms with van der Waals surface area (Å²) in [7, 11) is 1.79. The lowest BCUT2D eigenvalue weighted by Crippen LogP contribution is -2.23. The summed E-state index contributed by atoms with van der Waals surface area (Å²) in [5.74, 6) is 0.00348. The van der Waals surface area contributed by atoms with Gasteiger partial charge in [-0.3, -0.25) is 4.79 Å². The van der Waals surface area contributed by atoms with Gasteiger partial charge in [-0.25, -0.2) is 4.68 Å². The van der Waals surface area contributed by atoms with Gasteiger partial charge in [0.05, 0.1) is 11.4 Å². The Labute approximate surface area is 125 Å². The van der Waals surface area contributed by atoms with E-state index in [1.165, 1.54) is 0 Å². The molecule has 0 radical (unpaired) electrons. The number of carbonyl (C=O) groups is 1. The Hall–Kier alpha value is -2.36. The molecule has 0 saturated heterocycles. The maximum Gasteiger partial charge on any atom is 0.246 e. The van der Waals surface area contributed by atoms with E-state index in [1.807, 2.05) is 61.9 Å². The van der Waals surface area contributed by atoms with Gasteiger partial charge in [0, 0.05) is 30.9 Å². The minimum Gasteiger partial charge on any atom is -0.343 e. The Morgan fingerprint density at radius 3 is 2.57 bits per heavy atom. The molecule has 0 N–H and O–H groups in total. The zero-order valence-electron chi connectivity index (χ0n) is 13.0. The van der Waals surface area contributed by atoms with Crippen molar-refractivity contribution in [1.29, 1.82) is 0 Å². The second-order valence-corrected chi connectivity index (χ2v) is 5.02. The highest BCUT2D eigenvalue weighted by Crippen LogP contribution is 2.19. The van der Waals surface area contributed by atoms with Crippen LogP contribution in [0.15, 0.2) is 36.4 Å². The first-order chi connectivity index (χ1) is 10.0. The Morgan fingerprint density at radius 2 is 1.95 bits per heavy atom. The van der Waals surface area contributed by atoms with Crippen LogP contribution in [-0.2, 0) is 4.79 Å². The number of aromatic nitrogens is 2. The molecule has 4 heteroatoms. The molecule has 0 fully saturated rings. The average molecular weight is 283 g/mol. The van der Waals surface area contributed by atoms with Crippen LogP contribution in [0, 0.1) is 13.8 Å². The van der Waals surface area contributed by atoms with Crippen molar-refractivity contribution in [3.63, 3.8) is 0 Å². The van der Waals surface area contributed by atoms with Crippen LogP contribution in [-0.4, -0.2) is 34.2 Å². The van der Waals surface area contributed by atoms with Gasteiger partial charge in [0.25, 0.3) is 0 Å². The van der Waals surface area contributed by atoms with Crippen molar-refractivity contribution in [2.24, 2.45) is 0 Å². The first-order valence-corrected chi connectivity index (χ1v) is 7.09. The summed E-state index contributed by atoms with van der Waals surface area (Å²) in [4.78, 5) is 13.5. The number of benzene rings is 1. The van der Waals surface area contributed by atoms with Crippen molar-refractivity contribution < 1.29 is 4.79 Å². The lowest BCUT2D eigenvalue weighted by molar-refractivity contribution is -0.124. The summed E-state index contributed by atoms with van der Waals surface area (Å²) in [5.41, 5.74) is 3.97. The van der Waals surface area contributed by atoms with Gasteiger partial charge in [-0.05, 0) is 39.0 Å². The molecule has 0 spiro atoms. The minimum absolute atomic E-state index is 0.00348. The number of hydrogen-bond acceptors (Lipinski definition) is 2. The zero-order valence-corrected chi connectivity index (χ0v) is 13.0. The molecular weight excluding hydrogens is 262 g/mol. The largest absolute Gasteiger partial charge is 0.343 e. The number of amides is 1. The molecule has 1 amide bonds. The normalized spacial score (nSPS) is 11.0. The zero-order chi connectivity index (χ0) is 15.4. The number of para-hydroxylation sites is 1. The van der Waals surface area contributed by atoms with Gasteiger partial charge in [-0.2, -0.15) is 5.10 Å². The quantitative estimate of drug-likeness (QED) is 0.809. The molecule has 0 atom stereocenters. The molecule has 1 aromatic carbocycles. The smallest absolute Gasteiger partial charge is 0.246 e. The van der Waals surface area contributed by atoms with Crippen LogP contribution in [0.2, 0.25) is 0 Å². The lowest BCUT2D eigenvalue weighted by atomic mass is 10.2. The van der Waals surface area contributed by atoms with Crippen molar-refractivity contribution in [3.8, 4) is 5.69 Å². The van der Waals surface area contributed by atoms with E-state index < -0.39 is 0 Å². The Bertz CT molecular complexity index is 656. The standard InChI is InChI=1S/C17H21N3O/c1-5-19(4)17(21)12-11-16-13(2)18-20(14(16)3)15-9-7-6-8-10-15/h6-12H,5H2,1-4H3/b12-11+. The lowest BCUT2D eigenvalue weighted by Gasteiger charge is -2.10. The van der Waals surface area contributed by atoms with Gasteiger partial charge < -0.3 is 4.90 Å². The van der Waals surface area contributed by atoms with Crippen LogP contribution in [0.4, 0.5) is 0 Å². The molecule has 21 heavy (non-hydrogen) atoms. The van der Waals surface area contributed by atoms with Crippen LogP contribution in [0.5, 0.6) is 0 Å². The van der Waals surface area contributed by atoms with Crippen LogP contribution >= 0.6 is 0 Å². The fraction of sp³-hybridized carbons (Fsp3) is 0.294. The summed E-state index contributed by atoms with van der Waals surface area (Å²) in [5, 5.41) is 4.56. The van der Waals surface area contributed by atoms with E-state index in [2.05, 4.69) is 5.10 Å². The molecule has 110 valence electrons. The molecule has 0 unspecified atom stereocenters. The van der Waals surface area contributed by atoms with Crippen molar-refractivity contribution in [2.75, 3.05) is 13.6 Å². The minimum atomic E-state index is 0.00348. The Kier molecular flexibility index (Phi) is 4.58. The highest BCUT2D eigenvalue weighted by Gasteiger charge is 2.11. The topological polar surface area (TPSA) is 38.1 Å². The fourth-order valence-corrected chi connectivity index (χ4v) is 2.15. The fourth-order valence-electron chi connectivity index (χ4n) is 2.15. The second kappa shape index (κ2) is 6.39. The number of likely N-dealkylation sites (N-methyl/N-ethyl adjacent to an activating group) is 1. The van der Waals surface area contributed by atoms with Crippen molar-refractivity contribution in [1.82, 2.24) is 14.7 Å². The molecule has 1 heterocycles. The summed E-state index contributed by atoms with van der Waals surface area (Å²) in [6, 6.07) is 9.99. The molecule has 0 saturated carbocycles. The molecule has 1 aromatic heterocycles. The van der Waals surface area contributed by atoms with E-state index in [9.17, 15) is 4.79 Å². The van der Waals surface area contributed by atoms with Gasteiger partial charge in [-0.1, -0.05) is 18.2 Å². The number of carbonyl (C=O) groups excluding carboxylic acids is 1. The van der Waals surface area contributed by atoms with Crippen LogP contribution in [0.1, 0.15) is 23.9 Å². The molecule has 0 aliphatic carbocycles. The predicted octanol–water partition coefficient (Wildman–Crippen LogP) is 2.98. The number of aryl methyl sites for hydroxylation is 1. The van der Waals surface area contributed by atoms with Crippen LogP contribution < -0.4 is 0 Å². The highest BCUT2D eigenvalue weighted by atomic mass is 16.2. The summed E-state index contributed by atoms with van der Waals surface area (Å²) < 4.78 is 1.91. The van der Waals surface area contributed by atoms with E-state index in [0.717, 1.165) is 22.6 Å². The van der Waals surface area contributed by atoms with E-state index >= 15 is 0 Å². The van der Waals surface area contributed by atoms with Crippen molar-refractivity contribution in [2.45, 2.75) is 20.8 Å². The number of hydrogen-bond donors (Lipinski definition) is 0. The maximum atomic E-state index is 11.9. The van der Waals surface area contributed by atoms with E-state index in [4.69, 9.17) is 0 Å². The van der Waals surface area contributed by atoms with E-state index in [1.54, 1.807) is 18.0 Å². The summed E-state index contributed by atoms with van der Waals surface area (Å²) in [6.45, 7) is 6.63. The van der Waals surface area contributed by atoms with Crippen molar-refractivity contribution in [3.05, 3.63) is 53.4 Å². The number of rotatable bonds is 4. The third-order valence-electron chi connectivity index (χ3n) is 3.59. The maximum absolute atomic E-state index is 11.9. The molecule has 0 bridgehead atoms. The van der Waals surface area contributed by atoms with E-state index in [-0.39, 0.29) is 5.91 Å². The third kappa shape index (κ3) is 3.21. The van der Waals surface area contributed by atoms with Crippen molar-refractivity contribution >= 4 is 12.0 Å². The third-order valence-corrected chi connectivity index (χ3v) is 3.59. The summed E-state index contributed by atoms with van der Waals surface area (Å²) >= 11 is 0. The van der Waals surface area contributed by atoms with Gasteiger partial charge in [0.1, 0.15) is 0 Å².